The molecular formula is C19H11N5NaO6S2+. The molecule has 0 atom stereocenters. The van der Waals surface area contributed by atoms with Crippen LogP contribution in [0.5, 0.6) is 5.88 Å². The van der Waals surface area contributed by atoms with Crippen LogP contribution in [0.25, 0.3) is 17.0 Å². The van der Waals surface area contributed by atoms with Gasteiger partial charge in [0.05, 0.1) is 15.8 Å². The summed E-state index contributed by atoms with van der Waals surface area (Å²) in [6.07, 6.45) is 0. The molecule has 0 aliphatic carbocycles. The fraction of sp³-hybridized carbons (Fsp3) is 0. The van der Waals surface area contributed by atoms with Gasteiger partial charge < -0.3 is 9.52 Å². The molecule has 0 spiro atoms. The van der Waals surface area contributed by atoms with Crippen molar-refractivity contribution in [1.29, 1.82) is 0 Å². The minimum absolute atomic E-state index is 0. The Labute approximate surface area is 211 Å². The molecule has 33 heavy (non-hydrogen) atoms. The molecule has 3 N–H and O–H groups in total. The number of amides is 1. The van der Waals surface area contributed by atoms with Gasteiger partial charge in [0.25, 0.3) is 16.0 Å². The summed E-state index contributed by atoms with van der Waals surface area (Å²) < 4.78 is 37.8. The Hall–Kier alpha value is -2.94. The first-order valence-electron chi connectivity index (χ1n) is 8.90. The number of nitrogens with one attached hydrogen (secondary N) is 1. The maximum Gasteiger partial charge on any atom is 1.00 e. The van der Waals surface area contributed by atoms with Gasteiger partial charge in [0.2, 0.25) is 11.8 Å². The van der Waals surface area contributed by atoms with Gasteiger partial charge in [0.15, 0.2) is 5.13 Å². The minimum atomic E-state index is -4.49. The third kappa shape index (κ3) is 4.46. The SMILES string of the molecule is O=C1N=c2ccc(S(=O)(=O)O)cc2=C1c1sc(Nc2nnc(-c3ccccc3)o2)nc1O.[Na+]. The van der Waals surface area contributed by atoms with E-state index in [0.717, 1.165) is 29.0 Å². The van der Waals surface area contributed by atoms with E-state index >= 15 is 0 Å². The molecule has 5 rings (SSSR count). The molecule has 0 saturated carbocycles. The fourth-order valence-electron chi connectivity index (χ4n) is 3.06. The number of aromatic nitrogens is 3. The van der Waals surface area contributed by atoms with Gasteiger partial charge in [-0.05, 0) is 30.3 Å². The number of fused-ring (bicyclic) bond motifs is 1. The van der Waals surface area contributed by atoms with Crippen LogP contribution in [0.1, 0.15) is 4.88 Å². The van der Waals surface area contributed by atoms with Crippen molar-refractivity contribution in [1.82, 2.24) is 15.2 Å². The zero-order chi connectivity index (χ0) is 22.5. The maximum absolute atomic E-state index is 12.5. The van der Waals surface area contributed by atoms with Crippen LogP contribution in [0, 0.1) is 0 Å². The van der Waals surface area contributed by atoms with Crippen molar-refractivity contribution in [2.45, 2.75) is 4.90 Å². The third-order valence-corrected chi connectivity index (χ3v) is 6.29. The van der Waals surface area contributed by atoms with Gasteiger partial charge in [0.1, 0.15) is 4.88 Å². The second kappa shape index (κ2) is 8.78. The average Bonchev–Trinajstić information content (AvgIpc) is 3.44. The largest absolute Gasteiger partial charge is 1.00 e. The van der Waals surface area contributed by atoms with Crippen molar-refractivity contribution in [3.63, 3.8) is 0 Å². The number of rotatable bonds is 5. The van der Waals surface area contributed by atoms with Crippen molar-refractivity contribution < 1.29 is 56.8 Å². The van der Waals surface area contributed by atoms with E-state index < -0.39 is 26.8 Å². The van der Waals surface area contributed by atoms with Gasteiger partial charge in [-0.2, -0.15) is 13.4 Å². The van der Waals surface area contributed by atoms with Crippen molar-refractivity contribution in [3.8, 4) is 17.3 Å². The van der Waals surface area contributed by atoms with Crippen molar-refractivity contribution in [2.24, 2.45) is 4.99 Å². The number of hydrogen-bond donors (Lipinski definition) is 3. The van der Waals surface area contributed by atoms with Crippen LogP contribution < -0.4 is 45.4 Å². The van der Waals surface area contributed by atoms with Gasteiger partial charge in [-0.25, -0.2) is 4.99 Å². The van der Waals surface area contributed by atoms with E-state index in [-0.39, 0.29) is 67.6 Å². The Bertz CT molecular complexity index is 1620. The van der Waals surface area contributed by atoms with Crippen LogP contribution >= 0.6 is 11.3 Å². The molecule has 14 heteroatoms. The first kappa shape index (κ1) is 23.2. The number of benzene rings is 2. The maximum atomic E-state index is 12.5. The smallest absolute Gasteiger partial charge is 0.492 e. The van der Waals surface area contributed by atoms with E-state index in [0.29, 0.717) is 0 Å². The van der Waals surface area contributed by atoms with Crippen molar-refractivity contribution in [3.05, 3.63) is 64.0 Å². The third-order valence-electron chi connectivity index (χ3n) is 4.47. The monoisotopic (exact) mass is 492 g/mol. The first-order valence-corrected chi connectivity index (χ1v) is 11.2. The fourth-order valence-corrected chi connectivity index (χ4v) is 4.47. The van der Waals surface area contributed by atoms with Crippen molar-refractivity contribution in [2.75, 3.05) is 5.32 Å². The Morgan fingerprint density at radius 3 is 2.55 bits per heavy atom. The molecule has 1 aliphatic heterocycles. The predicted octanol–water partition coefficient (Wildman–Crippen LogP) is -1.75. The first-order chi connectivity index (χ1) is 15.3. The van der Waals surface area contributed by atoms with Crippen LogP contribution in [0.4, 0.5) is 11.1 Å². The molecule has 0 bridgehead atoms. The second-order valence-corrected chi connectivity index (χ2v) is 8.94. The van der Waals surface area contributed by atoms with E-state index in [1.54, 1.807) is 12.1 Å². The Morgan fingerprint density at radius 2 is 1.82 bits per heavy atom. The van der Waals surface area contributed by atoms with Crippen LogP contribution in [0.15, 0.2) is 62.8 Å². The predicted molar refractivity (Wildman–Crippen MR) is 111 cm³/mol. The van der Waals surface area contributed by atoms with E-state index in [1.807, 2.05) is 18.2 Å². The Balaban J connectivity index is 0.00000259. The summed E-state index contributed by atoms with van der Waals surface area (Å²) in [6.45, 7) is 0. The molecule has 0 fully saturated rings. The molecule has 0 radical (unpaired) electrons. The van der Waals surface area contributed by atoms with E-state index in [2.05, 4.69) is 25.5 Å². The number of hydrogen-bond acceptors (Lipinski definition) is 10. The van der Waals surface area contributed by atoms with Gasteiger partial charge in [-0.15, -0.1) is 5.10 Å². The normalized spacial score (nSPS) is 12.8. The number of thiazole rings is 1. The molecule has 3 heterocycles. The summed E-state index contributed by atoms with van der Waals surface area (Å²) in [4.78, 5) is 19.9. The number of carbonyl (C=O) groups is 1. The van der Waals surface area contributed by atoms with E-state index in [9.17, 15) is 22.9 Å². The number of anilines is 2. The average molecular weight is 492 g/mol. The molecule has 2 aromatic heterocycles. The quantitative estimate of drug-likeness (QED) is 0.215. The van der Waals surface area contributed by atoms with Gasteiger partial charge in [-0.1, -0.05) is 34.6 Å². The summed E-state index contributed by atoms with van der Waals surface area (Å²) in [6, 6.07) is 12.7. The van der Waals surface area contributed by atoms with Crippen LogP contribution in [-0.2, 0) is 14.9 Å². The molecule has 4 aromatic rings. The molecule has 11 nitrogen and oxygen atoms in total. The van der Waals surface area contributed by atoms with Crippen LogP contribution in [-0.4, -0.2) is 39.2 Å². The molecule has 1 aliphatic rings. The Morgan fingerprint density at radius 1 is 1.06 bits per heavy atom. The van der Waals surface area contributed by atoms with E-state index in [1.165, 1.54) is 6.07 Å². The standard InChI is InChI=1S/C19H11N5O6S2.Na/c25-15-13(11-8-10(32(27,28)29)6-7-12(11)20-15)14-16(26)21-19(31-14)22-18-24-23-17(30-18)9-4-2-1-3-5-9;/h1-8,26H,(H,21,22,24)(H,27,28,29);/q;+1. The molecule has 160 valence electrons. The van der Waals surface area contributed by atoms with Gasteiger partial charge in [-0.3, -0.25) is 14.7 Å². The van der Waals surface area contributed by atoms with E-state index in [4.69, 9.17) is 4.42 Å². The Kier molecular flexibility index (Phi) is 6.18. The molecule has 2 aromatic carbocycles. The summed E-state index contributed by atoms with van der Waals surface area (Å²) in [5.41, 5.74) is 0.680. The second-order valence-electron chi connectivity index (χ2n) is 6.52. The number of nitrogens with zero attached hydrogens (tertiary/aromatic N) is 4. The molecule has 1 amide bonds. The molecular weight excluding hydrogens is 481 g/mol. The summed E-state index contributed by atoms with van der Waals surface area (Å²) in [5, 5.41) is 21.5. The topological polar surface area (TPSA) is 168 Å². The van der Waals surface area contributed by atoms with Gasteiger partial charge >= 0.3 is 35.6 Å². The number of carbonyl (C=O) groups excluding carboxylic acids is 1. The number of aromatic hydroxyl groups is 1. The molecule has 0 saturated heterocycles. The zero-order valence-electron chi connectivity index (χ0n) is 16.8. The van der Waals surface area contributed by atoms with Crippen LogP contribution in [0.3, 0.4) is 0 Å². The summed E-state index contributed by atoms with van der Waals surface area (Å²) >= 11 is 0.908. The van der Waals surface area contributed by atoms with Crippen LogP contribution in [0.2, 0.25) is 0 Å². The summed E-state index contributed by atoms with van der Waals surface area (Å²) in [5.74, 6) is -0.869. The summed E-state index contributed by atoms with van der Waals surface area (Å²) in [7, 11) is -4.49. The minimum Gasteiger partial charge on any atom is -0.492 e. The zero-order valence-corrected chi connectivity index (χ0v) is 20.4. The molecule has 0 unspecified atom stereocenters. The van der Waals surface area contributed by atoms with Crippen molar-refractivity contribution >= 4 is 44.1 Å². The van der Waals surface area contributed by atoms with Gasteiger partial charge in [0, 0.05) is 10.8 Å².